The number of carboxylic acids is 1. The molecule has 214 valence electrons. The Morgan fingerprint density at radius 1 is 1.00 bits per heavy atom. The monoisotopic (exact) mass is 565 g/mol. The minimum atomic E-state index is -3.83. The molecule has 4 N–H and O–H groups in total. The lowest BCUT2D eigenvalue weighted by Gasteiger charge is -2.31. The molecule has 0 fully saturated rings. The summed E-state index contributed by atoms with van der Waals surface area (Å²) in [5, 5.41) is 25.8. The Labute approximate surface area is 237 Å². The molecule has 0 unspecified atom stereocenters. The minimum absolute atomic E-state index is 0.0333. The van der Waals surface area contributed by atoms with E-state index in [2.05, 4.69) is 48.7 Å². The van der Waals surface area contributed by atoms with Crippen molar-refractivity contribution in [3.05, 3.63) is 83.9 Å². The summed E-state index contributed by atoms with van der Waals surface area (Å²) in [4.78, 5) is 10.9. The van der Waals surface area contributed by atoms with Gasteiger partial charge < -0.3 is 20.8 Å². The molecule has 3 aromatic carbocycles. The van der Waals surface area contributed by atoms with Crippen LogP contribution in [0.15, 0.2) is 77.7 Å². The molecule has 3 aromatic rings. The van der Waals surface area contributed by atoms with Crippen LogP contribution >= 0.6 is 0 Å². The van der Waals surface area contributed by atoms with E-state index < -0.39 is 22.1 Å². The molecule has 0 radical (unpaired) electrons. The van der Waals surface area contributed by atoms with Gasteiger partial charge in [-0.05, 0) is 85.5 Å². The van der Waals surface area contributed by atoms with Crippen LogP contribution in [0.2, 0.25) is 0 Å². The van der Waals surface area contributed by atoms with E-state index in [4.69, 9.17) is 5.11 Å². The van der Waals surface area contributed by atoms with E-state index >= 15 is 0 Å². The van der Waals surface area contributed by atoms with Crippen LogP contribution in [0.5, 0.6) is 0 Å². The number of β-amino-alcohol motifs (C(OH)–C–C–N with tert-alkyl or cyclic N) is 1. The summed E-state index contributed by atoms with van der Waals surface area (Å²) in [5.41, 5.74) is 4.83. The average molecular weight is 566 g/mol. The summed E-state index contributed by atoms with van der Waals surface area (Å²) in [5.74, 6) is -0.407. The van der Waals surface area contributed by atoms with Crippen molar-refractivity contribution in [2.75, 3.05) is 32.0 Å². The largest absolute Gasteiger partial charge is 0.480 e. The number of nitrogens with zero attached hydrogens (tertiary/aromatic N) is 1. The predicted molar refractivity (Wildman–Crippen MR) is 158 cm³/mol. The minimum Gasteiger partial charge on any atom is -0.480 e. The maximum Gasteiger partial charge on any atom is 0.322 e. The van der Waals surface area contributed by atoms with Crippen molar-refractivity contribution >= 4 is 21.7 Å². The number of likely N-dealkylation sites (N-methyl/N-ethyl adjacent to an activating group) is 1. The first-order valence-corrected chi connectivity index (χ1v) is 15.0. The number of aliphatic carboxylic acids is 1. The second-order valence-electron chi connectivity index (χ2n) is 11.3. The van der Waals surface area contributed by atoms with Crippen molar-refractivity contribution in [3.8, 4) is 11.1 Å². The van der Waals surface area contributed by atoms with E-state index in [1.165, 1.54) is 22.5 Å². The van der Waals surface area contributed by atoms with Gasteiger partial charge in [-0.25, -0.2) is 8.42 Å². The number of anilines is 1. The smallest absolute Gasteiger partial charge is 0.322 e. The lowest BCUT2D eigenvalue weighted by molar-refractivity contribution is -0.134. The first-order valence-electron chi connectivity index (χ1n) is 13.6. The highest BCUT2D eigenvalue weighted by atomic mass is 32.2. The van der Waals surface area contributed by atoms with Crippen LogP contribution in [0.1, 0.15) is 31.4 Å². The van der Waals surface area contributed by atoms with Gasteiger partial charge in [0.1, 0.15) is 6.54 Å². The summed E-state index contributed by atoms with van der Waals surface area (Å²) in [7, 11) is -2.34. The molecule has 1 aliphatic rings. The number of hydrogen-bond donors (Lipinski definition) is 4. The number of sulfonamides is 1. The normalized spacial score (nSPS) is 14.7. The SMILES string of the molecule is CN(C[C@H](O)CNC(C)(C)CC1Cc2ccccc2C1)S(=O)(=O)c1cccc(-c2ccc(NCC(=O)O)cc2)c1. The third-order valence-electron chi connectivity index (χ3n) is 7.42. The number of nitrogens with one attached hydrogen (secondary N) is 2. The topological polar surface area (TPSA) is 119 Å². The van der Waals surface area contributed by atoms with Gasteiger partial charge in [-0.3, -0.25) is 4.79 Å². The molecule has 0 bridgehead atoms. The second kappa shape index (κ2) is 12.5. The Bertz CT molecular complexity index is 1400. The molecule has 40 heavy (non-hydrogen) atoms. The maximum atomic E-state index is 13.3. The van der Waals surface area contributed by atoms with Gasteiger partial charge >= 0.3 is 5.97 Å². The number of aliphatic hydroxyl groups is 1. The highest BCUT2D eigenvalue weighted by molar-refractivity contribution is 7.89. The number of hydrogen-bond acceptors (Lipinski definition) is 6. The van der Waals surface area contributed by atoms with Gasteiger partial charge in [0.05, 0.1) is 11.0 Å². The second-order valence-corrected chi connectivity index (χ2v) is 13.3. The Hall–Kier alpha value is -3.24. The van der Waals surface area contributed by atoms with E-state index in [-0.39, 0.29) is 30.1 Å². The summed E-state index contributed by atoms with van der Waals surface area (Å²) in [6.07, 6.45) is 2.23. The first kappa shape index (κ1) is 29.7. The zero-order valence-corrected chi connectivity index (χ0v) is 24.1. The van der Waals surface area contributed by atoms with Gasteiger partial charge in [0.25, 0.3) is 0 Å². The van der Waals surface area contributed by atoms with Gasteiger partial charge in [0.15, 0.2) is 0 Å². The average Bonchev–Trinajstić information content (AvgIpc) is 3.32. The van der Waals surface area contributed by atoms with Crippen molar-refractivity contribution in [1.29, 1.82) is 0 Å². The van der Waals surface area contributed by atoms with Gasteiger partial charge in [0.2, 0.25) is 10.0 Å². The van der Waals surface area contributed by atoms with Crippen molar-refractivity contribution in [2.45, 2.75) is 49.6 Å². The van der Waals surface area contributed by atoms with Crippen LogP contribution in [0.4, 0.5) is 5.69 Å². The third-order valence-corrected chi connectivity index (χ3v) is 9.24. The van der Waals surface area contributed by atoms with Gasteiger partial charge in [-0.2, -0.15) is 4.31 Å². The Morgan fingerprint density at radius 3 is 2.27 bits per heavy atom. The van der Waals surface area contributed by atoms with Gasteiger partial charge in [-0.15, -0.1) is 0 Å². The number of fused-ring (bicyclic) bond motifs is 1. The molecule has 1 atom stereocenters. The molecule has 0 amide bonds. The first-order chi connectivity index (χ1) is 18.9. The van der Waals surface area contributed by atoms with Gasteiger partial charge in [-0.1, -0.05) is 48.5 Å². The van der Waals surface area contributed by atoms with Crippen LogP contribution in [0.3, 0.4) is 0 Å². The quantitative estimate of drug-likeness (QED) is 0.247. The van der Waals surface area contributed by atoms with E-state index in [1.807, 2.05) is 6.07 Å². The summed E-state index contributed by atoms with van der Waals surface area (Å²) in [6.45, 7) is 4.32. The molecule has 0 aromatic heterocycles. The molecule has 0 spiro atoms. The van der Waals surface area contributed by atoms with Crippen molar-refractivity contribution in [1.82, 2.24) is 9.62 Å². The number of carbonyl (C=O) groups is 1. The van der Waals surface area contributed by atoms with E-state index in [0.717, 1.165) is 30.4 Å². The number of benzene rings is 3. The van der Waals surface area contributed by atoms with Crippen LogP contribution in [-0.4, -0.2) is 67.2 Å². The lowest BCUT2D eigenvalue weighted by atomic mass is 9.88. The van der Waals surface area contributed by atoms with Crippen molar-refractivity contribution < 1.29 is 23.4 Å². The molecule has 4 rings (SSSR count). The molecule has 0 saturated carbocycles. The van der Waals surface area contributed by atoms with Crippen LogP contribution in [0.25, 0.3) is 11.1 Å². The predicted octanol–water partition coefficient (Wildman–Crippen LogP) is 4.00. The fourth-order valence-corrected chi connectivity index (χ4v) is 6.67. The van der Waals surface area contributed by atoms with E-state index in [1.54, 1.807) is 42.5 Å². The zero-order valence-electron chi connectivity index (χ0n) is 23.3. The third kappa shape index (κ3) is 7.69. The van der Waals surface area contributed by atoms with Crippen LogP contribution in [-0.2, 0) is 27.7 Å². The van der Waals surface area contributed by atoms with Crippen molar-refractivity contribution in [2.24, 2.45) is 5.92 Å². The van der Waals surface area contributed by atoms with Crippen LogP contribution in [0, 0.1) is 5.92 Å². The molecule has 8 nitrogen and oxygen atoms in total. The molecule has 1 aliphatic carbocycles. The number of aliphatic hydroxyl groups excluding tert-OH is 1. The highest BCUT2D eigenvalue weighted by Crippen LogP contribution is 2.32. The van der Waals surface area contributed by atoms with Crippen LogP contribution < -0.4 is 10.6 Å². The fourth-order valence-electron chi connectivity index (χ4n) is 5.42. The molecular weight excluding hydrogens is 526 g/mol. The Kier molecular flexibility index (Phi) is 9.30. The molecular formula is C31H39N3O5S. The maximum absolute atomic E-state index is 13.3. The standard InChI is InChI=1S/C31H39N3O5S/c1-31(2,18-22-15-24-7-4-5-8-25(24)16-22)33-19-28(35)21-34(3)40(38,39)29-10-6-9-26(17-29)23-11-13-27(14-12-23)32-20-30(36)37/h4-14,17,22,28,32-33,35H,15-16,18-21H2,1-3H3,(H,36,37)/t28-/m1/s1. The number of carboxylic acid groups (broad SMARTS) is 1. The fraction of sp³-hybridized carbons (Fsp3) is 0.387. The van der Waals surface area contributed by atoms with Crippen molar-refractivity contribution in [3.63, 3.8) is 0 Å². The lowest BCUT2D eigenvalue weighted by Crippen LogP contribution is -2.47. The van der Waals surface area contributed by atoms with E-state index in [0.29, 0.717) is 11.6 Å². The summed E-state index contributed by atoms with van der Waals surface area (Å²) < 4.78 is 27.8. The Morgan fingerprint density at radius 2 is 1.65 bits per heavy atom. The van der Waals surface area contributed by atoms with Gasteiger partial charge in [0, 0.05) is 31.4 Å². The Balaban J connectivity index is 1.32. The summed E-state index contributed by atoms with van der Waals surface area (Å²) in [6, 6.07) is 22.4. The molecule has 0 heterocycles. The number of rotatable bonds is 13. The highest BCUT2D eigenvalue weighted by Gasteiger charge is 2.29. The molecule has 0 saturated heterocycles. The van der Waals surface area contributed by atoms with E-state index in [9.17, 15) is 18.3 Å². The molecule has 0 aliphatic heterocycles. The molecule has 9 heteroatoms. The summed E-state index contributed by atoms with van der Waals surface area (Å²) >= 11 is 0. The zero-order chi connectivity index (χ0) is 28.9.